The van der Waals surface area contributed by atoms with Crippen LogP contribution in [0.2, 0.25) is 0 Å². The van der Waals surface area contributed by atoms with Crippen molar-refractivity contribution in [3.63, 3.8) is 0 Å². The second-order valence-corrected chi connectivity index (χ2v) is 4.74. The molecule has 0 spiro atoms. The van der Waals surface area contributed by atoms with Crippen molar-refractivity contribution < 1.29 is 4.79 Å². The van der Waals surface area contributed by atoms with Crippen molar-refractivity contribution in [2.45, 2.75) is 32.7 Å². The number of amides is 1. The molecule has 1 saturated carbocycles. The first kappa shape index (κ1) is 11.2. The number of carbonyl (C=O) groups is 1. The van der Waals surface area contributed by atoms with E-state index in [1.807, 2.05) is 32.1 Å². The van der Waals surface area contributed by atoms with Crippen LogP contribution in [0.15, 0.2) is 6.20 Å². The second-order valence-electron chi connectivity index (χ2n) is 4.74. The number of rotatable bonds is 3. The summed E-state index contributed by atoms with van der Waals surface area (Å²) in [5.74, 6) is 0.566. The Labute approximate surface area is 96.2 Å². The molecule has 88 valence electrons. The lowest BCUT2D eigenvalue weighted by molar-refractivity contribution is -0.137. The van der Waals surface area contributed by atoms with E-state index in [2.05, 4.69) is 5.10 Å². The molecule has 1 aromatic rings. The minimum atomic E-state index is 0.280. The van der Waals surface area contributed by atoms with Crippen molar-refractivity contribution >= 4 is 5.91 Å². The molecule has 1 aromatic heterocycles. The van der Waals surface area contributed by atoms with Gasteiger partial charge in [0.15, 0.2) is 0 Å². The highest BCUT2D eigenvalue weighted by Gasteiger charge is 2.28. The quantitative estimate of drug-likeness (QED) is 0.775. The fraction of sp³-hybridized carbons (Fsp3) is 0.667. The van der Waals surface area contributed by atoms with Crippen LogP contribution in [0.4, 0.5) is 0 Å². The van der Waals surface area contributed by atoms with Crippen LogP contribution in [-0.2, 0) is 18.4 Å². The van der Waals surface area contributed by atoms with Gasteiger partial charge in [0, 0.05) is 38.3 Å². The van der Waals surface area contributed by atoms with Crippen molar-refractivity contribution in [1.29, 1.82) is 0 Å². The lowest BCUT2D eigenvalue weighted by Gasteiger charge is -2.29. The van der Waals surface area contributed by atoms with Gasteiger partial charge in [-0.05, 0) is 19.8 Å². The van der Waals surface area contributed by atoms with Gasteiger partial charge in [-0.2, -0.15) is 5.10 Å². The van der Waals surface area contributed by atoms with Gasteiger partial charge in [-0.25, -0.2) is 0 Å². The number of aryl methyl sites for hydroxylation is 2. The number of hydrogen-bond acceptors (Lipinski definition) is 2. The maximum atomic E-state index is 11.9. The van der Waals surface area contributed by atoms with Crippen LogP contribution in [-0.4, -0.2) is 27.6 Å². The molecule has 0 bridgehead atoms. The van der Waals surface area contributed by atoms with Gasteiger partial charge in [-0.3, -0.25) is 9.48 Å². The molecule has 1 aliphatic carbocycles. The van der Waals surface area contributed by atoms with Crippen molar-refractivity contribution in [2.24, 2.45) is 13.0 Å². The van der Waals surface area contributed by atoms with Gasteiger partial charge in [-0.15, -0.1) is 0 Å². The summed E-state index contributed by atoms with van der Waals surface area (Å²) < 4.78 is 1.80. The molecule has 1 fully saturated rings. The smallest absolute Gasteiger partial charge is 0.225 e. The molecule has 1 heterocycles. The number of nitrogens with zero attached hydrogens (tertiary/aromatic N) is 3. The Morgan fingerprint density at radius 2 is 2.31 bits per heavy atom. The third-order valence-electron chi connectivity index (χ3n) is 3.35. The molecule has 0 saturated heterocycles. The van der Waals surface area contributed by atoms with E-state index in [9.17, 15) is 4.79 Å². The van der Waals surface area contributed by atoms with E-state index >= 15 is 0 Å². The zero-order valence-corrected chi connectivity index (χ0v) is 10.2. The summed E-state index contributed by atoms with van der Waals surface area (Å²) in [5, 5.41) is 4.28. The Morgan fingerprint density at radius 1 is 1.62 bits per heavy atom. The largest absolute Gasteiger partial charge is 0.341 e. The Kier molecular flexibility index (Phi) is 2.99. The van der Waals surface area contributed by atoms with Crippen LogP contribution in [0.5, 0.6) is 0 Å². The van der Waals surface area contributed by atoms with Crippen molar-refractivity contribution in [3.8, 4) is 0 Å². The molecular formula is C12H19N3O. The molecule has 0 N–H and O–H groups in total. The highest BCUT2D eigenvalue weighted by Crippen LogP contribution is 2.28. The van der Waals surface area contributed by atoms with Crippen LogP contribution in [0.1, 0.15) is 30.5 Å². The fourth-order valence-corrected chi connectivity index (χ4v) is 2.10. The average molecular weight is 221 g/mol. The Bertz CT molecular complexity index is 393. The number of aromatic nitrogens is 2. The first-order valence-electron chi connectivity index (χ1n) is 5.82. The molecule has 0 radical (unpaired) electrons. The molecule has 0 aromatic carbocycles. The molecule has 4 heteroatoms. The van der Waals surface area contributed by atoms with Crippen molar-refractivity contribution in [2.75, 3.05) is 7.05 Å². The number of hydrogen-bond donors (Lipinski definition) is 0. The van der Waals surface area contributed by atoms with E-state index in [0.717, 1.165) is 24.1 Å². The molecule has 0 atom stereocenters. The normalized spacial score (nSPS) is 15.9. The van der Waals surface area contributed by atoms with Gasteiger partial charge in [0.25, 0.3) is 0 Å². The molecule has 1 amide bonds. The second kappa shape index (κ2) is 4.28. The zero-order chi connectivity index (χ0) is 11.7. The topological polar surface area (TPSA) is 38.1 Å². The predicted molar refractivity (Wildman–Crippen MR) is 61.8 cm³/mol. The molecule has 16 heavy (non-hydrogen) atoms. The van der Waals surface area contributed by atoms with E-state index in [1.165, 1.54) is 6.42 Å². The summed E-state index contributed by atoms with van der Waals surface area (Å²) in [4.78, 5) is 13.8. The Balaban J connectivity index is 1.98. The molecular weight excluding hydrogens is 202 g/mol. The standard InChI is InChI=1S/C12H19N3O/c1-9-11(8-15(3)13-9)7-14(2)12(16)10-5-4-6-10/h8,10H,4-7H2,1-3H3. The highest BCUT2D eigenvalue weighted by atomic mass is 16.2. The van der Waals surface area contributed by atoms with Crippen LogP contribution in [0.25, 0.3) is 0 Å². The molecule has 4 nitrogen and oxygen atoms in total. The van der Waals surface area contributed by atoms with E-state index < -0.39 is 0 Å². The SMILES string of the molecule is Cc1nn(C)cc1CN(C)C(=O)C1CCC1. The Hall–Kier alpha value is -1.32. The highest BCUT2D eigenvalue weighted by molar-refractivity contribution is 5.79. The third kappa shape index (κ3) is 2.10. The lowest BCUT2D eigenvalue weighted by Crippen LogP contribution is -2.35. The summed E-state index contributed by atoms with van der Waals surface area (Å²) in [7, 11) is 3.79. The molecule has 0 unspecified atom stereocenters. The van der Waals surface area contributed by atoms with E-state index in [4.69, 9.17) is 0 Å². The predicted octanol–water partition coefficient (Wildman–Crippen LogP) is 1.49. The van der Waals surface area contributed by atoms with Crippen LogP contribution < -0.4 is 0 Å². The summed E-state index contributed by atoms with van der Waals surface area (Å²) in [6.07, 6.45) is 5.32. The summed E-state index contributed by atoms with van der Waals surface area (Å²) in [6, 6.07) is 0. The summed E-state index contributed by atoms with van der Waals surface area (Å²) in [5.41, 5.74) is 2.15. The monoisotopic (exact) mass is 221 g/mol. The van der Waals surface area contributed by atoms with E-state index in [-0.39, 0.29) is 11.8 Å². The van der Waals surface area contributed by atoms with E-state index in [1.54, 1.807) is 4.68 Å². The first-order valence-corrected chi connectivity index (χ1v) is 5.82. The van der Waals surface area contributed by atoms with Gasteiger partial charge >= 0.3 is 0 Å². The fourth-order valence-electron chi connectivity index (χ4n) is 2.10. The van der Waals surface area contributed by atoms with Gasteiger partial charge in [0.1, 0.15) is 0 Å². The maximum absolute atomic E-state index is 11.9. The molecule has 1 aliphatic rings. The van der Waals surface area contributed by atoms with Gasteiger partial charge < -0.3 is 4.90 Å². The number of carbonyl (C=O) groups excluding carboxylic acids is 1. The first-order chi connectivity index (χ1) is 7.58. The minimum Gasteiger partial charge on any atom is -0.341 e. The van der Waals surface area contributed by atoms with E-state index in [0.29, 0.717) is 6.54 Å². The average Bonchev–Trinajstić information content (AvgIpc) is 2.42. The Morgan fingerprint density at radius 3 is 2.75 bits per heavy atom. The van der Waals surface area contributed by atoms with Gasteiger partial charge in [0.05, 0.1) is 5.69 Å². The third-order valence-corrected chi connectivity index (χ3v) is 3.35. The van der Waals surface area contributed by atoms with Crippen molar-refractivity contribution in [3.05, 3.63) is 17.5 Å². The minimum absolute atomic E-state index is 0.280. The lowest BCUT2D eigenvalue weighted by atomic mass is 9.84. The van der Waals surface area contributed by atoms with Crippen molar-refractivity contribution in [1.82, 2.24) is 14.7 Å². The van der Waals surface area contributed by atoms with Crippen LogP contribution in [0, 0.1) is 12.8 Å². The van der Waals surface area contributed by atoms with Crippen LogP contribution >= 0.6 is 0 Å². The van der Waals surface area contributed by atoms with Gasteiger partial charge in [-0.1, -0.05) is 6.42 Å². The molecule has 2 rings (SSSR count). The summed E-state index contributed by atoms with van der Waals surface area (Å²) in [6.45, 7) is 2.66. The summed E-state index contributed by atoms with van der Waals surface area (Å²) >= 11 is 0. The zero-order valence-electron chi connectivity index (χ0n) is 10.2. The van der Waals surface area contributed by atoms with Crippen LogP contribution in [0.3, 0.4) is 0 Å². The molecule has 0 aliphatic heterocycles. The maximum Gasteiger partial charge on any atom is 0.225 e. The van der Waals surface area contributed by atoms with Gasteiger partial charge in [0.2, 0.25) is 5.91 Å².